The Bertz CT molecular complexity index is 1400. The van der Waals surface area contributed by atoms with Crippen molar-refractivity contribution in [1.82, 2.24) is 19.8 Å². The van der Waals surface area contributed by atoms with E-state index in [0.717, 1.165) is 40.6 Å². The van der Waals surface area contributed by atoms with Gasteiger partial charge in [-0.15, -0.1) is 0 Å². The second kappa shape index (κ2) is 7.58. The third kappa shape index (κ3) is 3.29. The maximum absolute atomic E-state index is 5.82. The monoisotopic (exact) mass is 452 g/mol. The van der Waals surface area contributed by atoms with Gasteiger partial charge in [-0.05, 0) is 60.0 Å². The number of aromatic nitrogens is 2. The summed E-state index contributed by atoms with van der Waals surface area (Å²) in [4.78, 5) is 7.44. The van der Waals surface area contributed by atoms with Crippen LogP contribution in [0.3, 0.4) is 0 Å². The minimum Gasteiger partial charge on any atom is -0.486 e. The van der Waals surface area contributed by atoms with Gasteiger partial charge in [0.25, 0.3) is 0 Å². The largest absolute Gasteiger partial charge is 0.486 e. The number of aryl methyl sites for hydroxylation is 1. The highest BCUT2D eigenvalue weighted by Crippen LogP contribution is 2.38. The van der Waals surface area contributed by atoms with Crippen molar-refractivity contribution in [3.05, 3.63) is 72.1 Å². The molecule has 4 aromatic rings. The van der Waals surface area contributed by atoms with E-state index in [1.165, 1.54) is 42.7 Å². The van der Waals surface area contributed by atoms with Crippen LogP contribution in [0.2, 0.25) is 0 Å². The summed E-state index contributed by atoms with van der Waals surface area (Å²) < 4.78 is 13.7. The van der Waals surface area contributed by atoms with E-state index < -0.39 is 0 Å². The molecule has 3 aliphatic rings. The van der Waals surface area contributed by atoms with E-state index in [1.807, 2.05) is 6.07 Å². The van der Waals surface area contributed by atoms with E-state index in [-0.39, 0.29) is 0 Å². The molecule has 0 radical (unpaired) electrons. The molecule has 0 amide bonds. The molecule has 7 rings (SSSR count). The molecular formula is C28H28N4O2. The van der Waals surface area contributed by atoms with Crippen molar-refractivity contribution in [3.8, 4) is 28.4 Å². The summed E-state index contributed by atoms with van der Waals surface area (Å²) in [6.45, 7) is 9.01. The Labute approximate surface area is 199 Å². The predicted molar refractivity (Wildman–Crippen MR) is 133 cm³/mol. The summed E-state index contributed by atoms with van der Waals surface area (Å²) in [6, 6.07) is 19.3. The standard InChI is InChI=1S/C28H28N4O2/c1-19-11-20(14-31-17-28(18-31)15-29-16-28)12-27(30-19)32-8-7-23-22(3-2-4-24(23)32)21-5-6-25-26(13-21)34-10-9-33-25/h2-8,11-13,29H,9-10,14-18H2,1H3. The minimum absolute atomic E-state index is 0.547. The molecule has 1 spiro atoms. The van der Waals surface area contributed by atoms with E-state index in [4.69, 9.17) is 14.5 Å². The minimum atomic E-state index is 0.547. The number of hydrogen-bond acceptors (Lipinski definition) is 5. The van der Waals surface area contributed by atoms with Gasteiger partial charge >= 0.3 is 0 Å². The Morgan fingerprint density at radius 2 is 1.82 bits per heavy atom. The molecule has 0 aliphatic carbocycles. The quantitative estimate of drug-likeness (QED) is 0.504. The van der Waals surface area contributed by atoms with Crippen LogP contribution in [0.1, 0.15) is 11.3 Å². The lowest BCUT2D eigenvalue weighted by molar-refractivity contribution is -0.0444. The Kier molecular flexibility index (Phi) is 4.47. The van der Waals surface area contributed by atoms with E-state index >= 15 is 0 Å². The first-order valence-corrected chi connectivity index (χ1v) is 12.1. The predicted octanol–water partition coefficient (Wildman–Crippen LogP) is 4.18. The zero-order valence-electron chi connectivity index (χ0n) is 19.4. The summed E-state index contributed by atoms with van der Waals surface area (Å²) in [5.41, 5.74) is 6.39. The number of likely N-dealkylation sites (tertiary alicyclic amines) is 1. The molecule has 0 atom stereocenters. The topological polar surface area (TPSA) is 51.5 Å². The summed E-state index contributed by atoms with van der Waals surface area (Å²) >= 11 is 0. The molecule has 2 aromatic heterocycles. The average Bonchev–Trinajstić information content (AvgIpc) is 3.24. The molecule has 5 heterocycles. The van der Waals surface area contributed by atoms with Gasteiger partial charge in [0.2, 0.25) is 0 Å². The molecule has 2 aromatic carbocycles. The summed E-state index contributed by atoms with van der Waals surface area (Å²) in [7, 11) is 0. The maximum atomic E-state index is 5.82. The third-order valence-electron chi connectivity index (χ3n) is 7.36. The molecule has 6 heteroatoms. The summed E-state index contributed by atoms with van der Waals surface area (Å²) in [6.07, 6.45) is 2.14. The van der Waals surface area contributed by atoms with Crippen LogP contribution >= 0.6 is 0 Å². The van der Waals surface area contributed by atoms with Crippen molar-refractivity contribution in [3.63, 3.8) is 0 Å². The third-order valence-corrected chi connectivity index (χ3v) is 7.36. The second-order valence-electron chi connectivity index (χ2n) is 10.0. The van der Waals surface area contributed by atoms with Gasteiger partial charge in [0.05, 0.1) is 5.52 Å². The molecule has 2 saturated heterocycles. The van der Waals surface area contributed by atoms with Crippen molar-refractivity contribution < 1.29 is 9.47 Å². The SMILES string of the molecule is Cc1cc(CN2CC3(CNC3)C2)cc(-n2ccc3c(-c4ccc5c(c4)OCCO5)cccc32)n1. The first kappa shape index (κ1) is 20.1. The first-order chi connectivity index (χ1) is 16.7. The molecule has 172 valence electrons. The van der Waals surface area contributed by atoms with E-state index in [2.05, 4.69) is 76.4 Å². The van der Waals surface area contributed by atoms with Crippen LogP contribution in [0.5, 0.6) is 11.5 Å². The number of nitrogens with one attached hydrogen (secondary N) is 1. The fraction of sp³-hybridized carbons (Fsp3) is 0.321. The molecule has 3 aliphatic heterocycles. The van der Waals surface area contributed by atoms with Gasteiger partial charge in [-0.3, -0.25) is 4.90 Å². The van der Waals surface area contributed by atoms with Crippen LogP contribution in [0.15, 0.2) is 60.8 Å². The lowest BCUT2D eigenvalue weighted by atomic mass is 9.74. The molecule has 34 heavy (non-hydrogen) atoms. The van der Waals surface area contributed by atoms with Gasteiger partial charge < -0.3 is 19.4 Å². The van der Waals surface area contributed by atoms with Crippen LogP contribution in [-0.2, 0) is 6.54 Å². The van der Waals surface area contributed by atoms with Gasteiger partial charge in [0.15, 0.2) is 11.5 Å². The summed E-state index contributed by atoms with van der Waals surface area (Å²) in [5, 5.41) is 4.62. The lowest BCUT2D eigenvalue weighted by Gasteiger charge is -2.56. The van der Waals surface area contributed by atoms with Gasteiger partial charge in [-0.1, -0.05) is 18.2 Å². The number of rotatable bonds is 4. The van der Waals surface area contributed by atoms with Crippen molar-refractivity contribution in [2.24, 2.45) is 5.41 Å². The van der Waals surface area contributed by atoms with Gasteiger partial charge in [0.1, 0.15) is 19.0 Å². The van der Waals surface area contributed by atoms with Crippen molar-refractivity contribution >= 4 is 10.9 Å². The Morgan fingerprint density at radius 1 is 0.971 bits per heavy atom. The number of benzene rings is 2. The molecule has 1 N–H and O–H groups in total. The molecule has 0 bridgehead atoms. The van der Waals surface area contributed by atoms with Crippen LogP contribution in [-0.4, -0.2) is 53.8 Å². The zero-order chi connectivity index (χ0) is 22.7. The van der Waals surface area contributed by atoms with Gasteiger partial charge in [-0.2, -0.15) is 0 Å². The van der Waals surface area contributed by atoms with Crippen LogP contribution in [0, 0.1) is 12.3 Å². The number of hydrogen-bond donors (Lipinski definition) is 1. The molecule has 6 nitrogen and oxygen atoms in total. The molecular weight excluding hydrogens is 424 g/mol. The molecule has 0 saturated carbocycles. The maximum Gasteiger partial charge on any atom is 0.161 e. The zero-order valence-corrected chi connectivity index (χ0v) is 19.4. The number of pyridine rings is 1. The van der Waals surface area contributed by atoms with Crippen LogP contribution < -0.4 is 14.8 Å². The highest BCUT2D eigenvalue weighted by Gasteiger charge is 2.47. The van der Waals surface area contributed by atoms with Crippen LogP contribution in [0.25, 0.3) is 27.8 Å². The lowest BCUT2D eigenvalue weighted by Crippen LogP contribution is -2.70. The van der Waals surface area contributed by atoms with Gasteiger partial charge in [-0.25, -0.2) is 4.98 Å². The second-order valence-corrected chi connectivity index (χ2v) is 10.0. The average molecular weight is 453 g/mol. The highest BCUT2D eigenvalue weighted by molar-refractivity contribution is 5.96. The normalized spacial score (nSPS) is 18.6. The Balaban J connectivity index is 1.22. The van der Waals surface area contributed by atoms with E-state index in [0.29, 0.717) is 18.6 Å². The van der Waals surface area contributed by atoms with Gasteiger partial charge in [0, 0.05) is 55.4 Å². The van der Waals surface area contributed by atoms with Crippen molar-refractivity contribution in [1.29, 1.82) is 0 Å². The molecule has 2 fully saturated rings. The van der Waals surface area contributed by atoms with E-state index in [1.54, 1.807) is 0 Å². The number of nitrogens with zero attached hydrogens (tertiary/aromatic N) is 3. The smallest absolute Gasteiger partial charge is 0.161 e. The Hall–Kier alpha value is -3.35. The fourth-order valence-electron chi connectivity index (χ4n) is 5.74. The molecule has 0 unspecified atom stereocenters. The highest BCUT2D eigenvalue weighted by atomic mass is 16.6. The first-order valence-electron chi connectivity index (χ1n) is 12.1. The van der Waals surface area contributed by atoms with E-state index in [9.17, 15) is 0 Å². The van der Waals surface area contributed by atoms with Crippen molar-refractivity contribution in [2.75, 3.05) is 39.4 Å². The van der Waals surface area contributed by atoms with Crippen LogP contribution in [0.4, 0.5) is 0 Å². The number of ether oxygens (including phenoxy) is 2. The number of fused-ring (bicyclic) bond motifs is 2. The fourth-order valence-corrected chi connectivity index (χ4v) is 5.74. The van der Waals surface area contributed by atoms with Crippen molar-refractivity contribution in [2.45, 2.75) is 13.5 Å². The Morgan fingerprint density at radius 3 is 2.65 bits per heavy atom. The summed E-state index contributed by atoms with van der Waals surface area (Å²) in [5.74, 6) is 2.61.